The molecular formula is C28H36N4O2. The van der Waals surface area contributed by atoms with Crippen molar-refractivity contribution in [3.05, 3.63) is 71.4 Å². The van der Waals surface area contributed by atoms with E-state index in [9.17, 15) is 4.79 Å². The van der Waals surface area contributed by atoms with Crippen molar-refractivity contribution >= 4 is 17.0 Å². The van der Waals surface area contributed by atoms with Crippen molar-refractivity contribution in [2.45, 2.75) is 31.8 Å². The first-order chi connectivity index (χ1) is 16.5. The monoisotopic (exact) mass is 460 g/mol. The summed E-state index contributed by atoms with van der Waals surface area (Å²) in [5.74, 6) is 0.747. The number of nitrogens with zero attached hydrogens (tertiary/aromatic N) is 3. The van der Waals surface area contributed by atoms with Gasteiger partial charge in [0.25, 0.3) is 0 Å². The topological polar surface area (TPSA) is 51.8 Å². The van der Waals surface area contributed by atoms with Crippen molar-refractivity contribution in [1.82, 2.24) is 19.7 Å². The Morgan fingerprint density at radius 1 is 1.15 bits per heavy atom. The zero-order valence-electron chi connectivity index (χ0n) is 20.4. The van der Waals surface area contributed by atoms with Crippen molar-refractivity contribution in [1.29, 1.82) is 0 Å². The summed E-state index contributed by atoms with van der Waals surface area (Å²) in [5.41, 5.74) is 5.21. The highest BCUT2D eigenvalue weighted by Gasteiger charge is 2.29. The summed E-state index contributed by atoms with van der Waals surface area (Å²) >= 11 is 0. The number of carbonyl (C=O) groups is 1. The molecule has 2 aromatic carbocycles. The first-order valence-corrected chi connectivity index (χ1v) is 12.5. The predicted molar refractivity (Wildman–Crippen MR) is 136 cm³/mol. The average Bonchev–Trinajstić information content (AvgIpc) is 3.54. The molecule has 0 spiro atoms. The van der Waals surface area contributed by atoms with Gasteiger partial charge in [0.1, 0.15) is 6.61 Å². The van der Waals surface area contributed by atoms with E-state index in [1.165, 1.54) is 47.1 Å². The van der Waals surface area contributed by atoms with Gasteiger partial charge in [-0.05, 0) is 67.6 Å². The SMILES string of the molecule is CN(Cc1ccccc1)C[C@@H]1CCN(CCc2c[nH]c3ccc(C[C@H]4COC(=O)N4C)cc23)C1. The molecule has 3 aromatic rings. The number of nitrogens with one attached hydrogen (secondary N) is 1. The molecule has 3 heterocycles. The molecular weight excluding hydrogens is 424 g/mol. The van der Waals surface area contributed by atoms with Crippen LogP contribution in [0, 0.1) is 5.92 Å². The number of likely N-dealkylation sites (N-methyl/N-ethyl adjacent to an activating group) is 1. The van der Waals surface area contributed by atoms with Gasteiger partial charge in [-0.1, -0.05) is 36.4 Å². The number of aromatic nitrogens is 1. The largest absolute Gasteiger partial charge is 0.447 e. The molecule has 0 bridgehead atoms. The number of aromatic amines is 1. The standard InChI is InChI=1S/C28H36N4O2/c1-30(17-21-6-4-3-5-7-21)18-23-10-12-32(19-23)13-11-24-16-29-27-9-8-22(15-26(24)27)14-25-20-34-28(33)31(25)2/h3-9,15-16,23,25,29H,10-14,17-20H2,1-2H3/t23-,25-/m0/s1. The third kappa shape index (κ3) is 5.29. The van der Waals surface area contributed by atoms with Crippen LogP contribution in [-0.2, 0) is 24.1 Å². The highest BCUT2D eigenvalue weighted by Crippen LogP contribution is 2.24. The molecule has 2 aliphatic rings. The van der Waals surface area contributed by atoms with E-state index >= 15 is 0 Å². The number of cyclic esters (lactones) is 1. The molecule has 34 heavy (non-hydrogen) atoms. The highest BCUT2D eigenvalue weighted by atomic mass is 16.6. The minimum absolute atomic E-state index is 0.119. The zero-order valence-corrected chi connectivity index (χ0v) is 20.4. The van der Waals surface area contributed by atoms with Gasteiger partial charge in [-0.15, -0.1) is 0 Å². The lowest BCUT2D eigenvalue weighted by molar-refractivity contribution is 0.163. The summed E-state index contributed by atoms with van der Waals surface area (Å²) < 4.78 is 5.18. The summed E-state index contributed by atoms with van der Waals surface area (Å²) in [5, 5.41) is 1.31. The minimum atomic E-state index is -0.219. The minimum Gasteiger partial charge on any atom is -0.447 e. The molecule has 0 saturated carbocycles. The number of rotatable bonds is 9. The van der Waals surface area contributed by atoms with Gasteiger partial charge in [-0.25, -0.2) is 4.79 Å². The van der Waals surface area contributed by atoms with Crippen molar-refractivity contribution in [3.63, 3.8) is 0 Å². The van der Waals surface area contributed by atoms with Crippen LogP contribution >= 0.6 is 0 Å². The smallest absolute Gasteiger partial charge is 0.409 e. The molecule has 6 heteroatoms. The van der Waals surface area contributed by atoms with Gasteiger partial charge in [0, 0.05) is 50.3 Å². The van der Waals surface area contributed by atoms with Crippen LogP contribution in [0.2, 0.25) is 0 Å². The summed E-state index contributed by atoms with van der Waals surface area (Å²) in [6.07, 6.45) is 5.12. The summed E-state index contributed by atoms with van der Waals surface area (Å²) in [6, 6.07) is 17.5. The number of fused-ring (bicyclic) bond motifs is 1. The maximum atomic E-state index is 11.7. The molecule has 1 aromatic heterocycles. The third-order valence-electron chi connectivity index (χ3n) is 7.47. The van der Waals surface area contributed by atoms with Crippen LogP contribution < -0.4 is 0 Å². The Balaban J connectivity index is 1.13. The molecule has 1 amide bonds. The summed E-state index contributed by atoms with van der Waals surface area (Å²) in [7, 11) is 4.06. The molecule has 2 saturated heterocycles. The molecule has 2 fully saturated rings. The number of carbonyl (C=O) groups excluding carboxylic acids is 1. The molecule has 180 valence electrons. The van der Waals surface area contributed by atoms with Crippen molar-refractivity contribution in [2.24, 2.45) is 5.92 Å². The van der Waals surface area contributed by atoms with Crippen molar-refractivity contribution in [3.8, 4) is 0 Å². The molecule has 5 rings (SSSR count). The number of H-pyrrole nitrogens is 1. The van der Waals surface area contributed by atoms with E-state index in [1.807, 2.05) is 7.05 Å². The van der Waals surface area contributed by atoms with E-state index in [2.05, 4.69) is 76.6 Å². The molecule has 2 atom stereocenters. The van der Waals surface area contributed by atoms with Gasteiger partial charge < -0.3 is 24.4 Å². The molecule has 1 N–H and O–H groups in total. The Kier molecular flexibility index (Phi) is 6.88. The van der Waals surface area contributed by atoms with E-state index in [0.717, 1.165) is 38.4 Å². The van der Waals surface area contributed by atoms with Crippen molar-refractivity contribution < 1.29 is 9.53 Å². The van der Waals surface area contributed by atoms with Crippen LogP contribution in [0.15, 0.2) is 54.7 Å². The summed E-state index contributed by atoms with van der Waals surface area (Å²) in [4.78, 5) is 21.9. The maximum Gasteiger partial charge on any atom is 0.409 e. The van der Waals surface area contributed by atoms with Gasteiger partial charge in [-0.2, -0.15) is 0 Å². The predicted octanol–water partition coefficient (Wildman–Crippen LogP) is 4.16. The molecule has 0 aliphatic carbocycles. The molecule has 0 radical (unpaired) electrons. The number of hydrogen-bond donors (Lipinski definition) is 1. The van der Waals surface area contributed by atoms with Gasteiger partial charge in [-0.3, -0.25) is 0 Å². The first kappa shape index (κ1) is 22.9. The van der Waals surface area contributed by atoms with Crippen LogP contribution in [0.1, 0.15) is 23.1 Å². The maximum absolute atomic E-state index is 11.7. The van der Waals surface area contributed by atoms with Crippen LogP contribution in [0.25, 0.3) is 10.9 Å². The average molecular weight is 461 g/mol. The van der Waals surface area contributed by atoms with E-state index < -0.39 is 0 Å². The Bertz CT molecular complexity index is 1110. The lowest BCUT2D eigenvalue weighted by Crippen LogP contribution is -2.31. The van der Waals surface area contributed by atoms with Gasteiger partial charge in [0.2, 0.25) is 0 Å². The first-order valence-electron chi connectivity index (χ1n) is 12.5. The fraction of sp³-hybridized carbons (Fsp3) is 0.464. The highest BCUT2D eigenvalue weighted by molar-refractivity contribution is 5.84. The molecule has 6 nitrogen and oxygen atoms in total. The Labute approximate surface area is 202 Å². The fourth-order valence-corrected chi connectivity index (χ4v) is 5.50. The lowest BCUT2D eigenvalue weighted by atomic mass is 10.0. The van der Waals surface area contributed by atoms with E-state index in [4.69, 9.17) is 4.74 Å². The molecule has 2 aliphatic heterocycles. The van der Waals surface area contributed by atoms with E-state index in [0.29, 0.717) is 6.61 Å². The fourth-order valence-electron chi connectivity index (χ4n) is 5.50. The van der Waals surface area contributed by atoms with E-state index in [-0.39, 0.29) is 12.1 Å². The van der Waals surface area contributed by atoms with Gasteiger partial charge in [0.05, 0.1) is 6.04 Å². The molecule has 0 unspecified atom stereocenters. The lowest BCUT2D eigenvalue weighted by Gasteiger charge is -2.21. The van der Waals surface area contributed by atoms with Crippen LogP contribution in [-0.4, -0.2) is 78.7 Å². The van der Waals surface area contributed by atoms with Gasteiger partial charge >= 0.3 is 6.09 Å². The normalized spacial score (nSPS) is 21.1. The second-order valence-corrected chi connectivity index (χ2v) is 10.1. The van der Waals surface area contributed by atoms with Crippen LogP contribution in [0.4, 0.5) is 4.79 Å². The third-order valence-corrected chi connectivity index (χ3v) is 7.47. The Morgan fingerprint density at radius 3 is 2.79 bits per heavy atom. The summed E-state index contributed by atoms with van der Waals surface area (Å²) in [6.45, 7) is 6.14. The number of ether oxygens (including phenoxy) is 1. The Hall–Kier alpha value is -2.83. The van der Waals surface area contributed by atoms with Crippen molar-refractivity contribution in [2.75, 3.05) is 46.9 Å². The number of likely N-dealkylation sites (tertiary alicyclic amines) is 1. The number of benzene rings is 2. The van der Waals surface area contributed by atoms with Crippen LogP contribution in [0.5, 0.6) is 0 Å². The van der Waals surface area contributed by atoms with Crippen LogP contribution in [0.3, 0.4) is 0 Å². The Morgan fingerprint density at radius 2 is 2.00 bits per heavy atom. The number of amides is 1. The zero-order chi connectivity index (χ0) is 23.5. The second kappa shape index (κ2) is 10.2. The van der Waals surface area contributed by atoms with Gasteiger partial charge in [0.15, 0.2) is 0 Å². The van der Waals surface area contributed by atoms with E-state index in [1.54, 1.807) is 4.90 Å². The number of hydrogen-bond acceptors (Lipinski definition) is 4. The second-order valence-electron chi connectivity index (χ2n) is 10.1. The quantitative estimate of drug-likeness (QED) is 0.521.